The van der Waals surface area contributed by atoms with Crippen LogP contribution in [0.25, 0.3) is 0 Å². The first kappa shape index (κ1) is 24.8. The number of carbonyl (C=O) groups is 4. The van der Waals surface area contributed by atoms with Gasteiger partial charge in [-0.15, -0.1) is 0 Å². The number of nitrogens with zero attached hydrogens (tertiary/aromatic N) is 1. The third-order valence-electron chi connectivity index (χ3n) is 3.02. The standard InChI is InChI=1S/C13H18N4O4.C2HF3O2/c1-8(16-7-9-2-4-15-5-3-9)12(19)17-10(13(20)21)6-11(14)18;3-2(4,5)1(6)7/h2-5,8,10,16H,6-7H2,1H3,(H2,14,18)(H,17,19)(H,20,21);(H,6,7). The molecule has 0 aliphatic heterocycles. The molecule has 28 heavy (non-hydrogen) atoms. The average molecular weight is 408 g/mol. The molecule has 10 nitrogen and oxygen atoms in total. The molecule has 1 rings (SSSR count). The first-order chi connectivity index (χ1) is 12.8. The van der Waals surface area contributed by atoms with Crippen LogP contribution in [0.3, 0.4) is 0 Å². The van der Waals surface area contributed by atoms with Crippen molar-refractivity contribution >= 4 is 23.8 Å². The molecule has 2 atom stereocenters. The van der Waals surface area contributed by atoms with Crippen molar-refractivity contribution in [3.63, 3.8) is 0 Å². The van der Waals surface area contributed by atoms with E-state index in [-0.39, 0.29) is 0 Å². The average Bonchev–Trinajstić information content (AvgIpc) is 2.59. The minimum absolute atomic E-state index is 0.435. The van der Waals surface area contributed by atoms with Gasteiger partial charge in [0.05, 0.1) is 12.5 Å². The molecule has 2 amide bonds. The summed E-state index contributed by atoms with van der Waals surface area (Å²) in [5, 5.41) is 21.3. The number of rotatable bonds is 8. The number of aromatic nitrogens is 1. The normalized spacial score (nSPS) is 12.7. The molecule has 0 radical (unpaired) electrons. The van der Waals surface area contributed by atoms with Crippen LogP contribution in [-0.2, 0) is 25.7 Å². The number of carboxylic acids is 2. The van der Waals surface area contributed by atoms with Gasteiger partial charge in [-0.25, -0.2) is 9.59 Å². The van der Waals surface area contributed by atoms with Crippen LogP contribution in [0.1, 0.15) is 18.9 Å². The Balaban J connectivity index is 0.000000887. The number of hydrogen-bond donors (Lipinski definition) is 5. The van der Waals surface area contributed by atoms with Crippen LogP contribution in [-0.4, -0.2) is 57.2 Å². The number of primary amides is 1. The van der Waals surface area contributed by atoms with E-state index >= 15 is 0 Å². The number of nitrogens with one attached hydrogen (secondary N) is 2. The van der Waals surface area contributed by atoms with Crippen molar-refractivity contribution in [1.82, 2.24) is 15.6 Å². The molecule has 1 aromatic heterocycles. The molecule has 0 bridgehead atoms. The maximum Gasteiger partial charge on any atom is 0.490 e. The summed E-state index contributed by atoms with van der Waals surface area (Å²) < 4.78 is 31.7. The lowest BCUT2D eigenvalue weighted by atomic mass is 10.1. The fourth-order valence-electron chi connectivity index (χ4n) is 1.56. The number of nitrogens with two attached hydrogens (primary N) is 1. The number of hydrogen-bond acceptors (Lipinski definition) is 6. The molecule has 156 valence electrons. The van der Waals surface area contributed by atoms with Gasteiger partial charge in [0.15, 0.2) is 0 Å². The summed E-state index contributed by atoms with van der Waals surface area (Å²) in [7, 11) is 0. The smallest absolute Gasteiger partial charge is 0.480 e. The topological polar surface area (TPSA) is 172 Å². The molecule has 1 aromatic rings. The summed E-state index contributed by atoms with van der Waals surface area (Å²) in [6.45, 7) is 2.03. The van der Waals surface area contributed by atoms with Gasteiger partial charge in [0.1, 0.15) is 6.04 Å². The van der Waals surface area contributed by atoms with E-state index in [0.29, 0.717) is 6.54 Å². The van der Waals surface area contributed by atoms with Crippen molar-refractivity contribution in [3.8, 4) is 0 Å². The predicted octanol–water partition coefficient (Wildman–Crippen LogP) is -0.362. The fourth-order valence-corrected chi connectivity index (χ4v) is 1.56. The number of amides is 2. The number of alkyl halides is 3. The molecule has 0 aliphatic rings. The van der Waals surface area contributed by atoms with Crippen molar-refractivity contribution in [3.05, 3.63) is 30.1 Å². The van der Waals surface area contributed by atoms with Crippen LogP contribution >= 0.6 is 0 Å². The first-order valence-corrected chi connectivity index (χ1v) is 7.58. The summed E-state index contributed by atoms with van der Waals surface area (Å²) in [4.78, 5) is 46.3. The molecule has 0 aromatic carbocycles. The lowest BCUT2D eigenvalue weighted by Gasteiger charge is -2.17. The van der Waals surface area contributed by atoms with E-state index in [1.165, 1.54) is 0 Å². The van der Waals surface area contributed by atoms with E-state index in [1.54, 1.807) is 31.5 Å². The van der Waals surface area contributed by atoms with Crippen molar-refractivity contribution in [2.45, 2.75) is 38.1 Å². The summed E-state index contributed by atoms with van der Waals surface area (Å²) in [5.41, 5.74) is 5.88. The maximum atomic E-state index is 11.9. The zero-order chi connectivity index (χ0) is 21.9. The van der Waals surface area contributed by atoms with Gasteiger partial charge in [0, 0.05) is 18.9 Å². The highest BCUT2D eigenvalue weighted by molar-refractivity contribution is 5.89. The van der Waals surface area contributed by atoms with Crippen molar-refractivity contribution in [2.24, 2.45) is 5.73 Å². The van der Waals surface area contributed by atoms with Gasteiger partial charge in [0.2, 0.25) is 11.8 Å². The maximum absolute atomic E-state index is 11.9. The van der Waals surface area contributed by atoms with Crippen LogP contribution in [0.2, 0.25) is 0 Å². The van der Waals surface area contributed by atoms with E-state index in [2.05, 4.69) is 15.6 Å². The van der Waals surface area contributed by atoms with E-state index in [1.807, 2.05) is 0 Å². The van der Waals surface area contributed by atoms with Gasteiger partial charge >= 0.3 is 18.1 Å². The van der Waals surface area contributed by atoms with E-state index in [0.717, 1.165) is 5.56 Å². The highest BCUT2D eigenvalue weighted by atomic mass is 19.4. The Morgan fingerprint density at radius 2 is 1.68 bits per heavy atom. The van der Waals surface area contributed by atoms with Gasteiger partial charge in [-0.3, -0.25) is 14.6 Å². The molecule has 2 unspecified atom stereocenters. The Kier molecular flexibility index (Phi) is 10.2. The number of aliphatic carboxylic acids is 2. The Hall–Kier alpha value is -3.22. The van der Waals surface area contributed by atoms with Gasteiger partial charge in [-0.05, 0) is 24.6 Å². The number of carboxylic acid groups (broad SMARTS) is 2. The van der Waals surface area contributed by atoms with Gasteiger partial charge in [-0.1, -0.05) is 0 Å². The lowest BCUT2D eigenvalue weighted by molar-refractivity contribution is -0.192. The number of halogens is 3. The number of carbonyl (C=O) groups excluding carboxylic acids is 2. The van der Waals surface area contributed by atoms with Crippen molar-refractivity contribution in [2.75, 3.05) is 0 Å². The Bertz CT molecular complexity index is 684. The fraction of sp³-hybridized carbons (Fsp3) is 0.400. The van der Waals surface area contributed by atoms with E-state index < -0.39 is 48.4 Å². The van der Waals surface area contributed by atoms with Crippen LogP contribution in [0.4, 0.5) is 13.2 Å². The molecular formula is C15H19F3N4O6. The molecule has 0 fully saturated rings. The minimum atomic E-state index is -5.08. The summed E-state index contributed by atoms with van der Waals surface area (Å²) in [5.74, 6) is -5.37. The van der Waals surface area contributed by atoms with E-state index in [9.17, 15) is 27.6 Å². The molecule has 0 saturated heterocycles. The highest BCUT2D eigenvalue weighted by Crippen LogP contribution is 2.13. The quantitative estimate of drug-likeness (QED) is 0.388. The molecule has 6 N–H and O–H groups in total. The molecule has 1 heterocycles. The second-order valence-electron chi connectivity index (χ2n) is 5.33. The molecule has 0 saturated carbocycles. The SMILES string of the molecule is CC(NCc1ccncc1)C(=O)NC(CC(N)=O)C(=O)O.O=C(O)C(F)(F)F. The van der Waals surface area contributed by atoms with Crippen LogP contribution in [0, 0.1) is 0 Å². The summed E-state index contributed by atoms with van der Waals surface area (Å²) >= 11 is 0. The zero-order valence-electron chi connectivity index (χ0n) is 14.6. The van der Waals surface area contributed by atoms with Crippen molar-refractivity contribution in [1.29, 1.82) is 0 Å². The Morgan fingerprint density at radius 3 is 2.07 bits per heavy atom. The number of pyridine rings is 1. The zero-order valence-corrected chi connectivity index (χ0v) is 14.6. The second-order valence-corrected chi connectivity index (χ2v) is 5.33. The summed E-state index contributed by atoms with van der Waals surface area (Å²) in [6.07, 6.45) is -2.26. The first-order valence-electron chi connectivity index (χ1n) is 7.58. The molecule has 0 spiro atoms. The molecular weight excluding hydrogens is 389 g/mol. The highest BCUT2D eigenvalue weighted by Gasteiger charge is 2.38. The lowest BCUT2D eigenvalue weighted by Crippen LogP contribution is -2.50. The molecule has 13 heteroatoms. The largest absolute Gasteiger partial charge is 0.490 e. The second kappa shape index (κ2) is 11.5. The van der Waals surface area contributed by atoms with Crippen LogP contribution in [0.15, 0.2) is 24.5 Å². The van der Waals surface area contributed by atoms with Gasteiger partial charge in [0.25, 0.3) is 0 Å². The monoisotopic (exact) mass is 408 g/mol. The third-order valence-corrected chi connectivity index (χ3v) is 3.02. The third kappa shape index (κ3) is 10.7. The van der Waals surface area contributed by atoms with E-state index in [4.69, 9.17) is 20.7 Å². The minimum Gasteiger partial charge on any atom is -0.480 e. The van der Waals surface area contributed by atoms with Crippen molar-refractivity contribution < 1.29 is 42.6 Å². The Morgan fingerprint density at radius 1 is 1.18 bits per heavy atom. The molecule has 0 aliphatic carbocycles. The van der Waals surface area contributed by atoms with Gasteiger partial charge < -0.3 is 26.6 Å². The Labute approximate surface area is 156 Å². The predicted molar refractivity (Wildman–Crippen MR) is 87.6 cm³/mol. The van der Waals surface area contributed by atoms with Gasteiger partial charge in [-0.2, -0.15) is 13.2 Å². The summed E-state index contributed by atoms with van der Waals surface area (Å²) in [6, 6.07) is 1.66. The van der Waals surface area contributed by atoms with Crippen LogP contribution < -0.4 is 16.4 Å². The van der Waals surface area contributed by atoms with Crippen LogP contribution in [0.5, 0.6) is 0 Å².